The van der Waals surface area contributed by atoms with Crippen molar-refractivity contribution in [3.05, 3.63) is 11.1 Å². The predicted octanol–water partition coefficient (Wildman–Crippen LogP) is 2.64. The highest BCUT2D eigenvalue weighted by molar-refractivity contribution is 5.42. The molecule has 4 saturated carbocycles. The van der Waals surface area contributed by atoms with Gasteiger partial charge in [0.05, 0.1) is 31.0 Å². The van der Waals surface area contributed by atoms with Gasteiger partial charge in [0.2, 0.25) is 0 Å². The molecule has 7 aliphatic rings. The van der Waals surface area contributed by atoms with E-state index in [0.717, 1.165) is 43.3 Å². The van der Waals surface area contributed by atoms with Crippen LogP contribution in [0.5, 0.6) is 0 Å². The molecular formula is C42H70O12. The fraction of sp³-hybridized carbons (Fsp3) is 0.952. The highest BCUT2D eigenvalue weighted by atomic mass is 16.8. The normalized spacial score (nSPS) is 57.4. The first kappa shape index (κ1) is 41.4. The van der Waals surface area contributed by atoms with Gasteiger partial charge in [0.1, 0.15) is 42.7 Å². The average molecular weight is 767 g/mol. The number of hydrogen-bond donors (Lipinski definition) is 8. The predicted molar refractivity (Wildman–Crippen MR) is 197 cm³/mol. The molecule has 6 fully saturated rings. The van der Waals surface area contributed by atoms with Crippen molar-refractivity contribution in [2.45, 2.75) is 180 Å². The summed E-state index contributed by atoms with van der Waals surface area (Å²) in [5, 5.41) is 87.4. The van der Waals surface area contributed by atoms with Crippen LogP contribution in [0, 0.1) is 57.2 Å². The van der Waals surface area contributed by atoms with E-state index >= 15 is 0 Å². The first-order valence-corrected chi connectivity index (χ1v) is 20.8. The Balaban J connectivity index is 1.15. The van der Waals surface area contributed by atoms with Crippen molar-refractivity contribution in [3.63, 3.8) is 0 Å². The lowest BCUT2D eigenvalue weighted by Crippen LogP contribution is -2.67. The van der Waals surface area contributed by atoms with Gasteiger partial charge in [-0.15, -0.1) is 0 Å². The van der Waals surface area contributed by atoms with Crippen LogP contribution in [-0.4, -0.2) is 127 Å². The van der Waals surface area contributed by atoms with E-state index in [-0.39, 0.29) is 58.0 Å². The second kappa shape index (κ2) is 13.9. The number of ether oxygens (including phenoxy) is 4. The maximum Gasteiger partial charge on any atom is 0.187 e. The zero-order valence-electron chi connectivity index (χ0n) is 33.9. The summed E-state index contributed by atoms with van der Waals surface area (Å²) >= 11 is 0. The monoisotopic (exact) mass is 766 g/mol. The molecule has 2 heterocycles. The summed E-state index contributed by atoms with van der Waals surface area (Å²) in [6, 6.07) is 0. The maximum atomic E-state index is 12.4. The Morgan fingerprint density at radius 3 is 2.07 bits per heavy atom. The van der Waals surface area contributed by atoms with Crippen molar-refractivity contribution in [1.29, 1.82) is 0 Å². The molecule has 21 atom stereocenters. The van der Waals surface area contributed by atoms with Gasteiger partial charge in [0.25, 0.3) is 0 Å². The SMILES string of the molecule is C[C@@H]1[C@@H](C)[C@@](C)(O)C2=C3[C@@H](O)CC4[C@@]5(C)CCC(O[C@@H]6OC[C@H](O)[C@H](O)[C@H]6O[C@@H]6O[C@H](CO)[C@@H](O)[C@H](O)[C@H]6O)C(C)(C)C5CC[C@@]4(C)[C@]3(C)CCC2[C@@H]1C. The number of aliphatic hydroxyl groups is 8. The summed E-state index contributed by atoms with van der Waals surface area (Å²) in [6.07, 6.45) is -7.71. The Kier molecular flexibility index (Phi) is 10.7. The van der Waals surface area contributed by atoms with Crippen LogP contribution in [0.1, 0.15) is 107 Å². The van der Waals surface area contributed by atoms with Gasteiger partial charge in [-0.2, -0.15) is 0 Å². The third-order valence-corrected chi connectivity index (χ3v) is 17.8. The minimum Gasteiger partial charge on any atom is -0.394 e. The van der Waals surface area contributed by atoms with Crippen LogP contribution in [0.3, 0.4) is 0 Å². The van der Waals surface area contributed by atoms with Crippen LogP contribution in [0.25, 0.3) is 0 Å². The molecule has 0 radical (unpaired) electrons. The lowest BCUT2D eigenvalue weighted by Gasteiger charge is -2.71. The van der Waals surface area contributed by atoms with Crippen molar-refractivity contribution in [2.24, 2.45) is 57.2 Å². The molecule has 12 heteroatoms. The van der Waals surface area contributed by atoms with Crippen molar-refractivity contribution >= 4 is 0 Å². The van der Waals surface area contributed by atoms with Gasteiger partial charge in [-0.05, 0) is 120 Å². The maximum absolute atomic E-state index is 12.4. The summed E-state index contributed by atoms with van der Waals surface area (Å²) < 4.78 is 24.3. The largest absolute Gasteiger partial charge is 0.394 e. The summed E-state index contributed by atoms with van der Waals surface area (Å²) in [7, 11) is 0. The molecule has 5 aliphatic carbocycles. The molecule has 54 heavy (non-hydrogen) atoms. The summed E-state index contributed by atoms with van der Waals surface area (Å²) in [5.41, 5.74) is 0.468. The van der Waals surface area contributed by atoms with Crippen molar-refractivity contribution in [3.8, 4) is 0 Å². The third kappa shape index (κ3) is 5.81. The zero-order valence-corrected chi connectivity index (χ0v) is 33.9. The van der Waals surface area contributed by atoms with Gasteiger partial charge in [-0.3, -0.25) is 0 Å². The fourth-order valence-corrected chi connectivity index (χ4v) is 13.9. The highest BCUT2D eigenvalue weighted by Crippen LogP contribution is 2.75. The van der Waals surface area contributed by atoms with Crippen LogP contribution in [-0.2, 0) is 18.9 Å². The van der Waals surface area contributed by atoms with Gasteiger partial charge in [0.15, 0.2) is 12.6 Å². The van der Waals surface area contributed by atoms with Crippen LogP contribution >= 0.6 is 0 Å². The van der Waals surface area contributed by atoms with E-state index in [1.54, 1.807) is 0 Å². The van der Waals surface area contributed by atoms with Gasteiger partial charge in [-0.25, -0.2) is 0 Å². The van der Waals surface area contributed by atoms with Gasteiger partial charge in [0, 0.05) is 0 Å². The van der Waals surface area contributed by atoms with Gasteiger partial charge < -0.3 is 59.8 Å². The quantitative estimate of drug-likeness (QED) is 0.151. The summed E-state index contributed by atoms with van der Waals surface area (Å²) in [6.45, 7) is 19.7. The topological polar surface area (TPSA) is 199 Å². The van der Waals surface area contributed by atoms with E-state index < -0.39 is 73.6 Å². The lowest BCUT2D eigenvalue weighted by atomic mass is 9.34. The fourth-order valence-electron chi connectivity index (χ4n) is 13.9. The van der Waals surface area contributed by atoms with E-state index in [1.807, 2.05) is 6.92 Å². The number of fused-ring (bicyclic) bond motifs is 6. The zero-order chi connectivity index (χ0) is 39.7. The van der Waals surface area contributed by atoms with Crippen LogP contribution in [0.2, 0.25) is 0 Å². The number of aliphatic hydroxyl groups excluding tert-OH is 7. The van der Waals surface area contributed by atoms with E-state index in [0.29, 0.717) is 24.7 Å². The smallest absolute Gasteiger partial charge is 0.187 e. The molecule has 12 nitrogen and oxygen atoms in total. The van der Waals surface area contributed by atoms with E-state index in [2.05, 4.69) is 55.4 Å². The third-order valence-electron chi connectivity index (χ3n) is 17.8. The molecule has 2 aliphatic heterocycles. The molecule has 0 aromatic heterocycles. The molecule has 2 saturated heterocycles. The second-order valence-corrected chi connectivity index (χ2v) is 20.3. The molecule has 7 rings (SSSR count). The molecule has 4 unspecified atom stereocenters. The minimum absolute atomic E-state index is 0.0861. The molecule has 0 bridgehead atoms. The van der Waals surface area contributed by atoms with Crippen LogP contribution in [0.15, 0.2) is 11.1 Å². The summed E-state index contributed by atoms with van der Waals surface area (Å²) in [5.74, 6) is 1.66. The first-order chi connectivity index (χ1) is 25.1. The molecule has 310 valence electrons. The Hall–Kier alpha value is -0.740. The Labute approximate surface area is 321 Å². The molecule has 0 aromatic carbocycles. The van der Waals surface area contributed by atoms with E-state index in [1.165, 1.54) is 0 Å². The van der Waals surface area contributed by atoms with Crippen molar-refractivity contribution in [2.75, 3.05) is 13.2 Å². The molecule has 0 spiro atoms. The molecular weight excluding hydrogens is 696 g/mol. The lowest BCUT2D eigenvalue weighted by molar-refractivity contribution is -0.367. The Morgan fingerprint density at radius 2 is 1.41 bits per heavy atom. The average Bonchev–Trinajstić information content (AvgIpc) is 3.11. The Morgan fingerprint density at radius 1 is 0.722 bits per heavy atom. The van der Waals surface area contributed by atoms with Gasteiger partial charge in [-0.1, -0.05) is 55.4 Å². The molecule has 8 N–H and O–H groups in total. The van der Waals surface area contributed by atoms with E-state index in [4.69, 9.17) is 18.9 Å². The molecule has 0 aromatic rings. The minimum atomic E-state index is -1.70. The van der Waals surface area contributed by atoms with Crippen LogP contribution in [0.4, 0.5) is 0 Å². The van der Waals surface area contributed by atoms with Crippen LogP contribution < -0.4 is 0 Å². The first-order valence-electron chi connectivity index (χ1n) is 20.8. The van der Waals surface area contributed by atoms with Gasteiger partial charge >= 0.3 is 0 Å². The van der Waals surface area contributed by atoms with E-state index in [9.17, 15) is 40.9 Å². The Bertz CT molecular complexity index is 1430. The number of hydrogen-bond acceptors (Lipinski definition) is 12. The van der Waals surface area contributed by atoms with Crippen molar-refractivity contribution in [1.82, 2.24) is 0 Å². The van der Waals surface area contributed by atoms with Crippen molar-refractivity contribution < 1.29 is 59.8 Å². The summed E-state index contributed by atoms with van der Waals surface area (Å²) in [4.78, 5) is 0. The molecule has 0 amide bonds. The highest BCUT2D eigenvalue weighted by Gasteiger charge is 2.70. The second-order valence-electron chi connectivity index (χ2n) is 20.3. The number of rotatable bonds is 5. The standard InChI is InChI=1S/C42H70O12/c1-19-20(2)22-10-14-41(8)30(29(22)42(9,50)21(19)3)23(44)16-27-39(6)13-12-28(38(4,5)26(39)11-15-40(27,41)7)53-37-35(31(46)24(45)18-51-37)54-36-34(49)33(48)32(47)25(17-43)52-36/h19-28,31-37,43-50H,10-18H2,1-9H3/t19-,20+,21+,22?,23-,24-,25+,26?,27?,28?,31-,32+,33-,34+,35+,36-,37-,39-,40+,41+,42+/m0/s1.